The Morgan fingerprint density at radius 3 is 2.58 bits per heavy atom. The van der Waals surface area contributed by atoms with Crippen molar-refractivity contribution in [3.8, 4) is 11.5 Å². The fourth-order valence-corrected chi connectivity index (χ4v) is 4.47. The van der Waals surface area contributed by atoms with Gasteiger partial charge in [0.1, 0.15) is 16.3 Å². The molecule has 4 aromatic rings. The molecule has 0 saturated heterocycles. The van der Waals surface area contributed by atoms with Gasteiger partial charge >= 0.3 is 0 Å². The highest BCUT2D eigenvalue weighted by atomic mass is 32.1. The molecule has 0 unspecified atom stereocenters. The molecule has 160 valence electrons. The monoisotopic (exact) mass is 435 g/mol. The van der Waals surface area contributed by atoms with Crippen LogP contribution in [0, 0.1) is 6.92 Å². The molecule has 0 bridgehead atoms. The second-order valence-electron chi connectivity index (χ2n) is 7.04. The number of anilines is 1. The molecule has 0 aliphatic rings. The lowest BCUT2D eigenvalue weighted by atomic mass is 10.2. The van der Waals surface area contributed by atoms with Crippen molar-refractivity contribution in [1.29, 1.82) is 0 Å². The number of ether oxygens (including phenoxy) is 2. The molecule has 0 atom stereocenters. The van der Waals surface area contributed by atoms with Gasteiger partial charge in [-0.1, -0.05) is 30.3 Å². The Morgan fingerprint density at radius 2 is 1.84 bits per heavy atom. The highest BCUT2D eigenvalue weighted by Gasteiger charge is 2.18. The lowest BCUT2D eigenvalue weighted by Crippen LogP contribution is -2.12. The molecule has 0 spiro atoms. The number of rotatable bonds is 8. The van der Waals surface area contributed by atoms with Gasteiger partial charge in [-0.25, -0.2) is 0 Å². The highest BCUT2D eigenvalue weighted by molar-refractivity contribution is 7.20. The van der Waals surface area contributed by atoms with Crippen LogP contribution in [0.5, 0.6) is 11.5 Å². The third kappa shape index (κ3) is 4.56. The van der Waals surface area contributed by atoms with Crippen LogP contribution in [-0.4, -0.2) is 28.9 Å². The second-order valence-corrected chi connectivity index (χ2v) is 8.07. The SMILES string of the molecule is CCOc1ccc(OCC)c(NC(=O)c2cc3c(C)nn(Cc4ccccc4)c3s2)c1. The Morgan fingerprint density at radius 1 is 1.06 bits per heavy atom. The summed E-state index contributed by atoms with van der Waals surface area (Å²) in [7, 11) is 0. The molecule has 0 aliphatic carbocycles. The number of hydrogen-bond acceptors (Lipinski definition) is 5. The number of hydrogen-bond donors (Lipinski definition) is 1. The van der Waals surface area contributed by atoms with Gasteiger partial charge in [0.05, 0.1) is 36.0 Å². The fourth-order valence-electron chi connectivity index (χ4n) is 3.42. The van der Waals surface area contributed by atoms with E-state index >= 15 is 0 Å². The predicted octanol–water partition coefficient (Wildman–Crippen LogP) is 5.50. The van der Waals surface area contributed by atoms with Gasteiger partial charge in [-0.3, -0.25) is 9.48 Å². The zero-order valence-corrected chi connectivity index (χ0v) is 18.7. The first-order chi connectivity index (χ1) is 15.1. The van der Waals surface area contributed by atoms with Crippen molar-refractivity contribution in [1.82, 2.24) is 9.78 Å². The van der Waals surface area contributed by atoms with E-state index in [2.05, 4.69) is 22.5 Å². The maximum absolute atomic E-state index is 13.1. The zero-order valence-electron chi connectivity index (χ0n) is 17.8. The third-order valence-electron chi connectivity index (χ3n) is 4.82. The quantitative estimate of drug-likeness (QED) is 0.397. The lowest BCUT2D eigenvalue weighted by Gasteiger charge is -2.13. The first-order valence-electron chi connectivity index (χ1n) is 10.3. The van der Waals surface area contributed by atoms with E-state index in [0.717, 1.165) is 15.9 Å². The van der Waals surface area contributed by atoms with Crippen molar-refractivity contribution in [2.75, 3.05) is 18.5 Å². The summed E-state index contributed by atoms with van der Waals surface area (Å²) in [5.74, 6) is 1.13. The highest BCUT2D eigenvalue weighted by Crippen LogP contribution is 2.32. The molecule has 6 nitrogen and oxygen atoms in total. The van der Waals surface area contributed by atoms with Crippen LogP contribution in [0.15, 0.2) is 54.6 Å². The minimum absolute atomic E-state index is 0.179. The number of aryl methyl sites for hydroxylation is 1. The van der Waals surface area contributed by atoms with E-state index in [0.29, 0.717) is 41.8 Å². The van der Waals surface area contributed by atoms with Crippen LogP contribution in [0.4, 0.5) is 5.69 Å². The van der Waals surface area contributed by atoms with E-state index < -0.39 is 0 Å². The van der Waals surface area contributed by atoms with E-state index in [-0.39, 0.29) is 5.91 Å². The maximum Gasteiger partial charge on any atom is 0.265 e. The summed E-state index contributed by atoms with van der Waals surface area (Å²) in [5, 5.41) is 8.64. The van der Waals surface area contributed by atoms with Crippen LogP contribution < -0.4 is 14.8 Å². The standard InChI is InChI=1S/C24H25N3O3S/c1-4-29-18-11-12-21(30-5-2)20(13-18)25-23(28)22-14-19-16(3)26-27(24(19)31-22)15-17-9-7-6-8-10-17/h6-14H,4-5,15H2,1-3H3,(H,25,28). The molecular formula is C24H25N3O3S. The van der Waals surface area contributed by atoms with E-state index in [1.807, 2.05) is 61.9 Å². The van der Waals surface area contributed by atoms with Gasteiger partial charge < -0.3 is 14.8 Å². The number of fused-ring (bicyclic) bond motifs is 1. The van der Waals surface area contributed by atoms with E-state index in [9.17, 15) is 4.79 Å². The summed E-state index contributed by atoms with van der Waals surface area (Å²) in [4.78, 5) is 14.7. The van der Waals surface area contributed by atoms with Crippen LogP contribution in [-0.2, 0) is 6.54 Å². The molecule has 7 heteroatoms. The molecule has 31 heavy (non-hydrogen) atoms. The van der Waals surface area contributed by atoms with Gasteiger partial charge in [0, 0.05) is 11.5 Å². The van der Waals surface area contributed by atoms with Crippen LogP contribution in [0.2, 0.25) is 0 Å². The van der Waals surface area contributed by atoms with Crippen molar-refractivity contribution < 1.29 is 14.3 Å². The van der Waals surface area contributed by atoms with Crippen molar-refractivity contribution in [2.45, 2.75) is 27.3 Å². The molecule has 2 aromatic carbocycles. The van der Waals surface area contributed by atoms with Gasteiger partial charge in [0.2, 0.25) is 0 Å². The van der Waals surface area contributed by atoms with Crippen LogP contribution in [0.3, 0.4) is 0 Å². The third-order valence-corrected chi connectivity index (χ3v) is 5.96. The minimum Gasteiger partial charge on any atom is -0.494 e. The van der Waals surface area contributed by atoms with Gasteiger partial charge in [-0.2, -0.15) is 5.10 Å². The van der Waals surface area contributed by atoms with Gasteiger partial charge in [0.25, 0.3) is 5.91 Å². The summed E-state index contributed by atoms with van der Waals surface area (Å²) in [6.07, 6.45) is 0. The normalized spacial score (nSPS) is 10.9. The fraction of sp³-hybridized carbons (Fsp3) is 0.250. The summed E-state index contributed by atoms with van der Waals surface area (Å²) in [6.45, 7) is 7.53. The van der Waals surface area contributed by atoms with E-state index in [1.54, 1.807) is 6.07 Å². The van der Waals surface area contributed by atoms with Crippen LogP contribution in [0.25, 0.3) is 10.2 Å². The number of carbonyl (C=O) groups is 1. The molecule has 4 rings (SSSR count). The predicted molar refractivity (Wildman–Crippen MR) is 125 cm³/mol. The molecule has 1 amide bonds. The Labute approximate surface area is 185 Å². The minimum atomic E-state index is -0.179. The van der Waals surface area contributed by atoms with Crippen LogP contribution >= 0.6 is 11.3 Å². The van der Waals surface area contributed by atoms with Gasteiger partial charge in [-0.15, -0.1) is 11.3 Å². The average molecular weight is 436 g/mol. The summed E-state index contributed by atoms with van der Waals surface area (Å²) in [5.41, 5.74) is 2.67. The van der Waals surface area contributed by atoms with Crippen molar-refractivity contribution in [3.05, 3.63) is 70.7 Å². The molecule has 1 N–H and O–H groups in total. The lowest BCUT2D eigenvalue weighted by molar-refractivity contribution is 0.103. The number of nitrogens with zero attached hydrogens (tertiary/aromatic N) is 2. The number of benzene rings is 2. The first kappa shape index (κ1) is 20.9. The molecular weight excluding hydrogens is 410 g/mol. The molecule has 0 aliphatic heterocycles. The Balaban J connectivity index is 1.61. The average Bonchev–Trinajstić information content (AvgIpc) is 3.32. The number of nitrogens with one attached hydrogen (secondary N) is 1. The summed E-state index contributed by atoms with van der Waals surface area (Å²) < 4.78 is 13.2. The zero-order chi connectivity index (χ0) is 21.8. The van der Waals surface area contributed by atoms with Crippen LogP contribution in [0.1, 0.15) is 34.8 Å². The topological polar surface area (TPSA) is 65.4 Å². The molecule has 2 aromatic heterocycles. The summed E-state index contributed by atoms with van der Waals surface area (Å²) in [6, 6.07) is 17.5. The molecule has 2 heterocycles. The second kappa shape index (κ2) is 9.22. The Bertz CT molecular complexity index is 1200. The van der Waals surface area contributed by atoms with Gasteiger partial charge in [0.15, 0.2) is 0 Å². The summed E-state index contributed by atoms with van der Waals surface area (Å²) >= 11 is 1.44. The molecule has 0 fully saturated rings. The first-order valence-corrected chi connectivity index (χ1v) is 11.1. The van der Waals surface area contributed by atoms with Gasteiger partial charge in [-0.05, 0) is 44.5 Å². The number of aromatic nitrogens is 2. The molecule has 0 saturated carbocycles. The largest absolute Gasteiger partial charge is 0.494 e. The van der Waals surface area contributed by atoms with E-state index in [1.165, 1.54) is 16.9 Å². The smallest absolute Gasteiger partial charge is 0.265 e. The van der Waals surface area contributed by atoms with Crippen molar-refractivity contribution in [3.63, 3.8) is 0 Å². The van der Waals surface area contributed by atoms with Crippen molar-refractivity contribution >= 4 is 33.1 Å². The number of amides is 1. The Hall–Kier alpha value is -3.32. The Kier molecular flexibility index (Phi) is 6.23. The van der Waals surface area contributed by atoms with Crippen molar-refractivity contribution in [2.24, 2.45) is 0 Å². The van der Waals surface area contributed by atoms with E-state index in [4.69, 9.17) is 9.47 Å². The number of carbonyl (C=O) groups excluding carboxylic acids is 1. The maximum atomic E-state index is 13.1. The number of thiophene rings is 1. The molecule has 0 radical (unpaired) electrons.